The fourth-order valence-electron chi connectivity index (χ4n) is 1.55. The Morgan fingerprint density at radius 2 is 2.31 bits per heavy atom. The van der Waals surface area contributed by atoms with Crippen molar-refractivity contribution in [2.45, 2.75) is 12.6 Å². The molecule has 0 N–H and O–H groups in total. The summed E-state index contributed by atoms with van der Waals surface area (Å²) in [5.41, 5.74) is 2.83. The van der Waals surface area contributed by atoms with Crippen LogP contribution in [0.15, 0.2) is 23.2 Å². The summed E-state index contributed by atoms with van der Waals surface area (Å²) in [6.07, 6.45) is 1.89. The van der Waals surface area contributed by atoms with E-state index in [0.717, 1.165) is 11.1 Å². The molecule has 64 valence electrons. The van der Waals surface area contributed by atoms with Crippen molar-refractivity contribution in [3.63, 3.8) is 0 Å². The van der Waals surface area contributed by atoms with Crippen LogP contribution in [0.2, 0.25) is 0 Å². The van der Waals surface area contributed by atoms with E-state index in [-0.39, 0.29) is 12.0 Å². The smallest absolute Gasteiger partial charge is 0.338 e. The highest BCUT2D eigenvalue weighted by molar-refractivity contribution is 5.93. The van der Waals surface area contributed by atoms with Crippen LogP contribution in [0.4, 0.5) is 0 Å². The lowest BCUT2D eigenvalue weighted by Crippen LogP contribution is -1.93. The fourth-order valence-corrected chi connectivity index (χ4v) is 1.55. The highest BCUT2D eigenvalue weighted by atomic mass is 16.5. The maximum Gasteiger partial charge on any atom is 0.338 e. The lowest BCUT2D eigenvalue weighted by atomic mass is 10.0. The molecule has 3 rings (SSSR count). The maximum absolute atomic E-state index is 11.1. The van der Waals surface area contributed by atoms with Crippen molar-refractivity contribution in [2.75, 3.05) is 0 Å². The minimum absolute atomic E-state index is 0.210. The number of nitrogens with zero attached hydrogens (tertiary/aromatic N) is 1. The van der Waals surface area contributed by atoms with Crippen LogP contribution in [0.3, 0.4) is 0 Å². The number of hydrogen-bond donors (Lipinski definition) is 0. The van der Waals surface area contributed by atoms with Crippen molar-refractivity contribution < 1.29 is 9.53 Å². The second kappa shape index (κ2) is 2.19. The second-order valence-corrected chi connectivity index (χ2v) is 3.24. The lowest BCUT2D eigenvalue weighted by molar-refractivity contribution is 0.0535. The quantitative estimate of drug-likeness (QED) is 0.603. The van der Waals surface area contributed by atoms with E-state index in [1.54, 1.807) is 0 Å². The van der Waals surface area contributed by atoms with Crippen molar-refractivity contribution >= 4 is 12.2 Å². The van der Waals surface area contributed by atoms with Crippen LogP contribution in [-0.4, -0.2) is 12.2 Å². The lowest BCUT2D eigenvalue weighted by Gasteiger charge is -1.98. The Labute approximate surface area is 75.0 Å². The molecular weight excluding hydrogens is 166 g/mol. The van der Waals surface area contributed by atoms with E-state index in [0.29, 0.717) is 12.2 Å². The highest BCUT2D eigenvalue weighted by Crippen LogP contribution is 2.28. The van der Waals surface area contributed by atoms with Gasteiger partial charge in [0.2, 0.25) is 0 Å². The number of rotatable bonds is 1. The van der Waals surface area contributed by atoms with E-state index in [1.165, 1.54) is 0 Å². The summed E-state index contributed by atoms with van der Waals surface area (Å²) in [7, 11) is 0. The Morgan fingerprint density at radius 1 is 1.46 bits per heavy atom. The molecule has 2 heterocycles. The first-order chi connectivity index (χ1) is 6.34. The van der Waals surface area contributed by atoms with Gasteiger partial charge in [0.25, 0.3) is 0 Å². The van der Waals surface area contributed by atoms with Crippen LogP contribution in [0.5, 0.6) is 0 Å². The van der Waals surface area contributed by atoms with Crippen LogP contribution in [-0.2, 0) is 11.3 Å². The van der Waals surface area contributed by atoms with Crippen molar-refractivity contribution in [3.05, 3.63) is 34.9 Å². The van der Waals surface area contributed by atoms with Crippen molar-refractivity contribution in [1.29, 1.82) is 0 Å². The summed E-state index contributed by atoms with van der Waals surface area (Å²) < 4.78 is 4.90. The summed E-state index contributed by atoms with van der Waals surface area (Å²) in [5.74, 6) is -0.210. The molecule has 2 aliphatic heterocycles. The first-order valence-electron chi connectivity index (χ1n) is 4.18. The van der Waals surface area contributed by atoms with E-state index < -0.39 is 0 Å². The minimum atomic E-state index is -0.210. The molecule has 0 aromatic heterocycles. The van der Waals surface area contributed by atoms with Gasteiger partial charge >= 0.3 is 5.97 Å². The molecule has 13 heavy (non-hydrogen) atoms. The summed E-state index contributed by atoms with van der Waals surface area (Å²) in [4.78, 5) is 15.2. The molecule has 1 unspecified atom stereocenters. The number of benzene rings is 1. The van der Waals surface area contributed by atoms with E-state index in [1.807, 2.05) is 24.4 Å². The van der Waals surface area contributed by atoms with Crippen LogP contribution < -0.4 is 0 Å². The van der Waals surface area contributed by atoms with Gasteiger partial charge in [0, 0.05) is 11.8 Å². The summed E-state index contributed by atoms with van der Waals surface area (Å²) >= 11 is 0. The van der Waals surface area contributed by atoms with Crippen molar-refractivity contribution in [3.8, 4) is 0 Å². The SMILES string of the molecule is O=C1OCc2cc(C3C=N3)ccc21. The van der Waals surface area contributed by atoms with E-state index in [4.69, 9.17) is 4.74 Å². The average Bonchev–Trinajstić information content (AvgIpc) is 2.93. The molecule has 0 fully saturated rings. The normalized spacial score (nSPS) is 22.8. The first kappa shape index (κ1) is 6.83. The Kier molecular flexibility index (Phi) is 1.15. The molecule has 1 aromatic rings. The molecule has 1 atom stereocenters. The molecule has 1 aromatic carbocycles. The molecule has 3 nitrogen and oxygen atoms in total. The summed E-state index contributed by atoms with van der Waals surface area (Å²) in [5, 5.41) is 0. The molecule has 0 saturated carbocycles. The first-order valence-corrected chi connectivity index (χ1v) is 4.18. The molecule has 0 amide bonds. The number of hydrogen-bond acceptors (Lipinski definition) is 3. The monoisotopic (exact) mass is 173 g/mol. The van der Waals surface area contributed by atoms with Crippen LogP contribution in [0.25, 0.3) is 0 Å². The van der Waals surface area contributed by atoms with Crippen molar-refractivity contribution in [2.24, 2.45) is 4.99 Å². The Balaban J connectivity index is 2.07. The van der Waals surface area contributed by atoms with E-state index >= 15 is 0 Å². The van der Waals surface area contributed by atoms with Gasteiger partial charge in [-0.25, -0.2) is 4.79 Å². The Bertz CT molecular complexity index is 417. The maximum atomic E-state index is 11.1. The van der Waals surface area contributed by atoms with Gasteiger partial charge in [0.1, 0.15) is 12.6 Å². The van der Waals surface area contributed by atoms with Crippen molar-refractivity contribution in [1.82, 2.24) is 0 Å². The number of esters is 1. The van der Waals surface area contributed by atoms with Gasteiger partial charge in [-0.2, -0.15) is 0 Å². The van der Waals surface area contributed by atoms with Gasteiger partial charge in [0.05, 0.1) is 5.56 Å². The topological polar surface area (TPSA) is 38.7 Å². The van der Waals surface area contributed by atoms with Crippen LogP contribution in [0, 0.1) is 0 Å². The van der Waals surface area contributed by atoms with Gasteiger partial charge in [-0.1, -0.05) is 6.07 Å². The number of ether oxygens (including phenoxy) is 1. The third kappa shape index (κ3) is 0.967. The van der Waals surface area contributed by atoms with Gasteiger partial charge in [-0.3, -0.25) is 4.99 Å². The van der Waals surface area contributed by atoms with Gasteiger partial charge in [-0.15, -0.1) is 0 Å². The molecule has 0 radical (unpaired) electrons. The van der Waals surface area contributed by atoms with Crippen LogP contribution >= 0.6 is 0 Å². The zero-order valence-corrected chi connectivity index (χ0v) is 6.86. The third-order valence-corrected chi connectivity index (χ3v) is 2.35. The number of fused-ring (bicyclic) bond motifs is 1. The standard InChI is InChI=1S/C10H7NO2/c12-10-8-2-1-6(9-4-11-9)3-7(8)5-13-10/h1-4,9H,5H2. The highest BCUT2D eigenvalue weighted by Gasteiger charge is 2.23. The van der Waals surface area contributed by atoms with Gasteiger partial charge in [-0.05, 0) is 17.7 Å². The number of aliphatic imine (C=N–C) groups is 1. The molecular formula is C10H7NO2. The summed E-state index contributed by atoms with van der Waals surface area (Å²) in [6.45, 7) is 0.411. The Morgan fingerprint density at radius 3 is 3.08 bits per heavy atom. The number of carbonyl (C=O) groups is 1. The third-order valence-electron chi connectivity index (χ3n) is 2.35. The van der Waals surface area contributed by atoms with Crippen LogP contribution in [0.1, 0.15) is 27.5 Å². The van der Waals surface area contributed by atoms with Gasteiger partial charge < -0.3 is 4.74 Å². The molecule has 0 spiro atoms. The second-order valence-electron chi connectivity index (χ2n) is 3.24. The molecule has 3 heteroatoms. The predicted molar refractivity (Wildman–Crippen MR) is 46.8 cm³/mol. The fraction of sp³-hybridized carbons (Fsp3) is 0.200. The number of cyclic esters (lactones) is 1. The molecule has 0 bridgehead atoms. The zero-order chi connectivity index (χ0) is 8.84. The van der Waals surface area contributed by atoms with E-state index in [2.05, 4.69) is 4.99 Å². The number of carbonyl (C=O) groups excluding carboxylic acids is 1. The molecule has 0 saturated heterocycles. The minimum Gasteiger partial charge on any atom is -0.457 e. The molecule has 2 aliphatic rings. The zero-order valence-electron chi connectivity index (χ0n) is 6.86. The predicted octanol–water partition coefficient (Wildman–Crippen LogP) is 1.48. The summed E-state index contributed by atoms with van der Waals surface area (Å²) in [6, 6.07) is 6.00. The average molecular weight is 173 g/mol. The Hall–Kier alpha value is -1.64. The van der Waals surface area contributed by atoms with Gasteiger partial charge in [0.15, 0.2) is 0 Å². The largest absolute Gasteiger partial charge is 0.457 e. The van der Waals surface area contributed by atoms with E-state index in [9.17, 15) is 4.79 Å². The molecule has 0 aliphatic carbocycles.